The third-order valence-corrected chi connectivity index (χ3v) is 5.55. The molecule has 6 nitrogen and oxygen atoms in total. The molecule has 2 amide bonds. The quantitative estimate of drug-likeness (QED) is 0.593. The summed E-state index contributed by atoms with van der Waals surface area (Å²) in [5.41, 5.74) is 1.99. The number of carbonyl (C=O) groups is 2. The molecular formula is C23H19BrFN3O3. The van der Waals surface area contributed by atoms with E-state index in [-0.39, 0.29) is 17.4 Å². The summed E-state index contributed by atoms with van der Waals surface area (Å²) in [7, 11) is 1.70. The maximum Gasteiger partial charge on any atom is 0.270 e. The van der Waals surface area contributed by atoms with Crippen molar-refractivity contribution in [3.63, 3.8) is 0 Å². The minimum absolute atomic E-state index is 0.125. The highest BCUT2D eigenvalue weighted by atomic mass is 79.9. The average Bonchev–Trinajstić information content (AvgIpc) is 2.87. The minimum Gasteiger partial charge on any atom is -0.457 e. The summed E-state index contributed by atoms with van der Waals surface area (Å²) >= 11 is 3.46. The van der Waals surface area contributed by atoms with Crippen LogP contribution in [0.25, 0.3) is 0 Å². The first kappa shape index (κ1) is 21.0. The Bertz CT molecular complexity index is 1140. The van der Waals surface area contributed by atoms with E-state index in [2.05, 4.69) is 26.2 Å². The maximum absolute atomic E-state index is 13.1. The first-order valence-electron chi connectivity index (χ1n) is 9.67. The summed E-state index contributed by atoms with van der Waals surface area (Å²) < 4.78 is 19.7. The lowest BCUT2D eigenvalue weighted by atomic mass is 10.1. The third-order valence-electron chi connectivity index (χ3n) is 5.05. The molecule has 8 heteroatoms. The predicted molar refractivity (Wildman–Crippen MR) is 118 cm³/mol. The number of rotatable bonds is 4. The zero-order chi connectivity index (χ0) is 22.0. The van der Waals surface area contributed by atoms with Gasteiger partial charge in [0, 0.05) is 29.5 Å². The molecular weight excluding hydrogens is 465 g/mol. The predicted octanol–water partition coefficient (Wildman–Crippen LogP) is 4.48. The lowest BCUT2D eigenvalue weighted by molar-refractivity contribution is -0.120. The van der Waals surface area contributed by atoms with Crippen molar-refractivity contribution in [1.82, 2.24) is 10.3 Å². The van der Waals surface area contributed by atoms with Crippen LogP contribution in [0.3, 0.4) is 0 Å². The molecule has 4 rings (SSSR count). The molecule has 0 saturated carbocycles. The highest BCUT2D eigenvalue weighted by Gasteiger charge is 2.30. The Morgan fingerprint density at radius 3 is 2.71 bits per heavy atom. The molecule has 158 valence electrons. The number of nitrogens with zero attached hydrogens (tertiary/aromatic N) is 2. The number of nitrogens with one attached hydrogen (secondary N) is 1. The van der Waals surface area contributed by atoms with E-state index in [1.54, 1.807) is 18.0 Å². The Labute approximate surface area is 187 Å². The Kier molecular flexibility index (Phi) is 5.99. The molecule has 1 aliphatic rings. The van der Waals surface area contributed by atoms with Gasteiger partial charge in [-0.1, -0.05) is 15.9 Å². The number of aryl methyl sites for hydroxylation is 1. The summed E-state index contributed by atoms with van der Waals surface area (Å²) in [4.78, 5) is 31.4. The lowest BCUT2D eigenvalue weighted by Crippen LogP contribution is -2.46. The molecule has 1 atom stereocenters. The van der Waals surface area contributed by atoms with E-state index < -0.39 is 11.9 Å². The molecule has 1 aromatic heterocycles. The second-order valence-corrected chi connectivity index (χ2v) is 8.08. The SMILES string of the molecule is CN1C(=O)C(NC(=O)c2cc(Oc3ccc(F)cc3)ccn2)CCc2cc(Br)ccc21. The van der Waals surface area contributed by atoms with Crippen molar-refractivity contribution < 1.29 is 18.7 Å². The van der Waals surface area contributed by atoms with Crippen molar-refractivity contribution in [3.8, 4) is 11.5 Å². The number of benzene rings is 2. The Morgan fingerprint density at radius 2 is 1.94 bits per heavy atom. The fourth-order valence-corrected chi connectivity index (χ4v) is 3.87. The number of likely N-dealkylation sites (N-methyl/N-ethyl adjacent to an activating group) is 1. The number of aromatic nitrogens is 1. The molecule has 0 saturated heterocycles. The number of pyridine rings is 1. The van der Waals surface area contributed by atoms with Crippen molar-refractivity contribution in [3.05, 3.63) is 82.3 Å². The van der Waals surface area contributed by atoms with Gasteiger partial charge >= 0.3 is 0 Å². The number of amides is 2. The van der Waals surface area contributed by atoms with Crippen LogP contribution in [0, 0.1) is 5.82 Å². The first-order chi connectivity index (χ1) is 14.9. The smallest absolute Gasteiger partial charge is 0.270 e. The van der Waals surface area contributed by atoms with Crippen LogP contribution in [0.2, 0.25) is 0 Å². The van der Waals surface area contributed by atoms with Gasteiger partial charge in [-0.15, -0.1) is 0 Å². The van der Waals surface area contributed by atoms with Crippen LogP contribution in [0.15, 0.2) is 65.3 Å². The Morgan fingerprint density at radius 1 is 1.16 bits per heavy atom. The number of hydrogen-bond donors (Lipinski definition) is 1. The topological polar surface area (TPSA) is 71.5 Å². The molecule has 0 radical (unpaired) electrons. The Hall–Kier alpha value is -3.26. The van der Waals surface area contributed by atoms with Crippen LogP contribution >= 0.6 is 15.9 Å². The van der Waals surface area contributed by atoms with E-state index in [4.69, 9.17) is 4.74 Å². The van der Waals surface area contributed by atoms with Gasteiger partial charge in [-0.3, -0.25) is 14.6 Å². The maximum atomic E-state index is 13.1. The van der Waals surface area contributed by atoms with Crippen LogP contribution in [0.4, 0.5) is 10.1 Å². The fourth-order valence-electron chi connectivity index (χ4n) is 3.46. The van der Waals surface area contributed by atoms with Crippen molar-refractivity contribution in [1.29, 1.82) is 0 Å². The normalized spacial score (nSPS) is 15.8. The molecule has 1 unspecified atom stereocenters. The molecule has 3 aromatic rings. The zero-order valence-electron chi connectivity index (χ0n) is 16.6. The fraction of sp³-hybridized carbons (Fsp3) is 0.174. The molecule has 31 heavy (non-hydrogen) atoms. The standard InChI is InChI=1S/C23H19BrFN3O3/c1-28-21-9-3-15(24)12-14(21)2-8-19(23(28)30)27-22(29)20-13-18(10-11-26-20)31-17-6-4-16(25)5-7-17/h3-7,9-13,19H,2,8H2,1H3,(H,27,29). The number of ether oxygens (including phenoxy) is 1. The van der Waals surface area contributed by atoms with Crippen LogP contribution in [0.1, 0.15) is 22.5 Å². The van der Waals surface area contributed by atoms with Crippen LogP contribution < -0.4 is 15.0 Å². The second-order valence-electron chi connectivity index (χ2n) is 7.17. The van der Waals surface area contributed by atoms with Crippen molar-refractivity contribution in [2.45, 2.75) is 18.9 Å². The number of anilines is 1. The molecule has 1 aliphatic heterocycles. The first-order valence-corrected chi connectivity index (χ1v) is 10.5. The van der Waals surface area contributed by atoms with Crippen LogP contribution in [0.5, 0.6) is 11.5 Å². The van der Waals surface area contributed by atoms with Gasteiger partial charge in [-0.05, 0) is 66.9 Å². The van der Waals surface area contributed by atoms with Gasteiger partial charge in [0.1, 0.15) is 29.1 Å². The summed E-state index contributed by atoms with van der Waals surface area (Å²) in [6, 6.07) is 13.7. The van der Waals surface area contributed by atoms with Gasteiger partial charge in [-0.25, -0.2) is 4.39 Å². The number of carbonyl (C=O) groups excluding carboxylic acids is 2. The molecule has 0 spiro atoms. The van der Waals surface area contributed by atoms with Gasteiger partial charge in [-0.2, -0.15) is 0 Å². The van der Waals surface area contributed by atoms with Crippen LogP contribution in [-0.2, 0) is 11.2 Å². The lowest BCUT2D eigenvalue weighted by Gasteiger charge is -2.22. The molecule has 0 aliphatic carbocycles. The van der Waals surface area contributed by atoms with E-state index >= 15 is 0 Å². The molecule has 0 fully saturated rings. The summed E-state index contributed by atoms with van der Waals surface area (Å²) in [6.45, 7) is 0. The van der Waals surface area contributed by atoms with E-state index in [0.717, 1.165) is 15.7 Å². The summed E-state index contributed by atoms with van der Waals surface area (Å²) in [5, 5.41) is 2.79. The average molecular weight is 484 g/mol. The van der Waals surface area contributed by atoms with E-state index in [1.807, 2.05) is 18.2 Å². The van der Waals surface area contributed by atoms with E-state index in [1.165, 1.54) is 36.5 Å². The number of halogens is 2. The Balaban J connectivity index is 1.48. The van der Waals surface area contributed by atoms with Gasteiger partial charge in [0.25, 0.3) is 5.91 Å². The second kappa shape index (κ2) is 8.85. The highest BCUT2D eigenvalue weighted by Crippen LogP contribution is 2.29. The molecule has 2 heterocycles. The number of fused-ring (bicyclic) bond motifs is 1. The number of hydrogen-bond acceptors (Lipinski definition) is 4. The molecule has 2 aromatic carbocycles. The monoisotopic (exact) mass is 483 g/mol. The summed E-state index contributed by atoms with van der Waals surface area (Å²) in [5.74, 6) is -0.206. The third kappa shape index (κ3) is 4.74. The van der Waals surface area contributed by atoms with Gasteiger partial charge in [0.05, 0.1) is 0 Å². The van der Waals surface area contributed by atoms with Crippen molar-refractivity contribution >= 4 is 33.4 Å². The zero-order valence-corrected chi connectivity index (χ0v) is 18.2. The summed E-state index contributed by atoms with van der Waals surface area (Å²) in [6.07, 6.45) is 2.57. The minimum atomic E-state index is -0.674. The van der Waals surface area contributed by atoms with Gasteiger partial charge in [0.15, 0.2) is 0 Å². The van der Waals surface area contributed by atoms with Crippen molar-refractivity contribution in [2.24, 2.45) is 0 Å². The highest BCUT2D eigenvalue weighted by molar-refractivity contribution is 9.10. The van der Waals surface area contributed by atoms with E-state index in [9.17, 15) is 14.0 Å². The van der Waals surface area contributed by atoms with Crippen LogP contribution in [-0.4, -0.2) is 29.9 Å². The van der Waals surface area contributed by atoms with Gasteiger partial charge in [0.2, 0.25) is 5.91 Å². The molecule has 0 bridgehead atoms. The van der Waals surface area contributed by atoms with Gasteiger partial charge < -0.3 is 15.0 Å². The molecule has 1 N–H and O–H groups in total. The largest absolute Gasteiger partial charge is 0.457 e. The van der Waals surface area contributed by atoms with Crippen molar-refractivity contribution in [2.75, 3.05) is 11.9 Å². The van der Waals surface area contributed by atoms with E-state index in [0.29, 0.717) is 24.3 Å².